The van der Waals surface area contributed by atoms with Crippen molar-refractivity contribution in [2.24, 2.45) is 0 Å². The van der Waals surface area contributed by atoms with E-state index in [0.29, 0.717) is 5.82 Å². The van der Waals surface area contributed by atoms with Crippen molar-refractivity contribution in [1.29, 1.82) is 0 Å². The molecule has 0 amide bonds. The predicted octanol–water partition coefficient (Wildman–Crippen LogP) is 4.61. The minimum Gasteiger partial charge on any atom is -0.369 e. The molecule has 0 fully saturated rings. The van der Waals surface area contributed by atoms with Gasteiger partial charge in [-0.25, -0.2) is 14.4 Å². The number of nitrogens with zero attached hydrogens (tertiary/aromatic N) is 3. The van der Waals surface area contributed by atoms with E-state index < -0.39 is 0 Å². The van der Waals surface area contributed by atoms with Crippen molar-refractivity contribution in [2.75, 3.05) is 32.5 Å². The van der Waals surface area contributed by atoms with E-state index in [0.717, 1.165) is 47.4 Å². The Morgan fingerprint density at radius 1 is 1.04 bits per heavy atom. The molecule has 1 N–H and O–H groups in total. The van der Waals surface area contributed by atoms with Gasteiger partial charge in [0.1, 0.15) is 11.6 Å². The van der Waals surface area contributed by atoms with E-state index in [4.69, 9.17) is 0 Å². The third kappa shape index (κ3) is 5.34. The lowest BCUT2D eigenvalue weighted by Gasteiger charge is -2.12. The Balaban J connectivity index is 1.87. The molecule has 0 saturated carbocycles. The van der Waals surface area contributed by atoms with Gasteiger partial charge in [0.2, 0.25) is 0 Å². The molecule has 27 heavy (non-hydrogen) atoms. The van der Waals surface area contributed by atoms with Crippen LogP contribution < -0.4 is 5.32 Å². The van der Waals surface area contributed by atoms with Gasteiger partial charge in [-0.2, -0.15) is 0 Å². The van der Waals surface area contributed by atoms with Crippen molar-refractivity contribution < 1.29 is 4.39 Å². The van der Waals surface area contributed by atoms with E-state index in [1.54, 1.807) is 12.1 Å². The van der Waals surface area contributed by atoms with Crippen LogP contribution in [-0.4, -0.2) is 42.1 Å². The van der Waals surface area contributed by atoms with Gasteiger partial charge in [-0.1, -0.05) is 24.3 Å². The van der Waals surface area contributed by atoms with E-state index in [2.05, 4.69) is 59.4 Å². The van der Waals surface area contributed by atoms with Gasteiger partial charge in [-0.15, -0.1) is 0 Å². The zero-order valence-electron chi connectivity index (χ0n) is 16.0. The topological polar surface area (TPSA) is 41.0 Å². The fourth-order valence-corrected chi connectivity index (χ4v) is 2.81. The molecule has 0 aliphatic heterocycles. The first-order chi connectivity index (χ1) is 13.0. The van der Waals surface area contributed by atoms with E-state index in [1.165, 1.54) is 12.1 Å². The summed E-state index contributed by atoms with van der Waals surface area (Å²) in [6.07, 6.45) is 4.79. The van der Waals surface area contributed by atoms with Crippen molar-refractivity contribution in [3.8, 4) is 0 Å². The molecule has 140 valence electrons. The molecule has 0 aliphatic carbocycles. The summed E-state index contributed by atoms with van der Waals surface area (Å²) in [6.45, 7) is 3.92. The maximum atomic E-state index is 13.1. The molecule has 5 heteroatoms. The van der Waals surface area contributed by atoms with Crippen LogP contribution in [0.3, 0.4) is 0 Å². The van der Waals surface area contributed by atoms with Crippen LogP contribution >= 0.6 is 0 Å². The molecule has 0 saturated heterocycles. The summed E-state index contributed by atoms with van der Waals surface area (Å²) in [5.41, 5.74) is 2.98. The highest BCUT2D eigenvalue weighted by atomic mass is 19.1. The second kappa shape index (κ2) is 8.73. The summed E-state index contributed by atoms with van der Waals surface area (Å²) in [6, 6.07) is 12.6. The number of halogens is 1. The van der Waals surface area contributed by atoms with E-state index in [9.17, 15) is 4.39 Å². The average molecular weight is 364 g/mol. The highest BCUT2D eigenvalue weighted by Crippen LogP contribution is 2.22. The van der Waals surface area contributed by atoms with Crippen LogP contribution in [-0.2, 0) is 0 Å². The first-order valence-corrected chi connectivity index (χ1v) is 9.12. The molecule has 0 atom stereocenters. The molecule has 1 heterocycles. The Labute approximate surface area is 159 Å². The van der Waals surface area contributed by atoms with Gasteiger partial charge in [0.05, 0.1) is 5.52 Å². The Bertz CT molecular complexity index is 933. The largest absolute Gasteiger partial charge is 0.369 e. The lowest BCUT2D eigenvalue weighted by atomic mass is 10.1. The van der Waals surface area contributed by atoms with Gasteiger partial charge < -0.3 is 10.2 Å². The van der Waals surface area contributed by atoms with Gasteiger partial charge in [-0.05, 0) is 75.5 Å². The number of fused-ring (bicyclic) bond motifs is 1. The molecule has 3 rings (SSSR count). The summed E-state index contributed by atoms with van der Waals surface area (Å²) in [4.78, 5) is 11.5. The van der Waals surface area contributed by atoms with Crippen LogP contribution in [0.25, 0.3) is 23.1 Å². The van der Waals surface area contributed by atoms with Crippen LogP contribution in [0.5, 0.6) is 0 Å². The monoisotopic (exact) mass is 364 g/mol. The highest BCUT2D eigenvalue weighted by Gasteiger charge is 2.07. The van der Waals surface area contributed by atoms with E-state index >= 15 is 0 Å². The molecular formula is C22H25FN4. The van der Waals surface area contributed by atoms with Crippen LogP contribution in [0.1, 0.15) is 23.4 Å². The zero-order valence-corrected chi connectivity index (χ0v) is 16.0. The Hall–Kier alpha value is -2.79. The molecule has 4 nitrogen and oxygen atoms in total. The first-order valence-electron chi connectivity index (χ1n) is 9.12. The van der Waals surface area contributed by atoms with Crippen LogP contribution in [0, 0.1) is 12.7 Å². The van der Waals surface area contributed by atoms with E-state index in [-0.39, 0.29) is 5.82 Å². The number of hydrogen-bond donors (Lipinski definition) is 1. The molecule has 1 aromatic heterocycles. The third-order valence-corrected chi connectivity index (χ3v) is 4.24. The normalized spacial score (nSPS) is 11.6. The summed E-state index contributed by atoms with van der Waals surface area (Å²) in [5, 5.41) is 4.47. The molecule has 0 bridgehead atoms. The molecule has 0 unspecified atom stereocenters. The molecule has 2 aromatic carbocycles. The minimum absolute atomic E-state index is 0.242. The fourth-order valence-electron chi connectivity index (χ4n) is 2.81. The molecule has 0 radical (unpaired) electrons. The van der Waals surface area contributed by atoms with Gasteiger partial charge >= 0.3 is 0 Å². The van der Waals surface area contributed by atoms with Crippen LogP contribution in [0.15, 0.2) is 42.5 Å². The number of benzene rings is 2. The summed E-state index contributed by atoms with van der Waals surface area (Å²) < 4.78 is 13.1. The van der Waals surface area contributed by atoms with Crippen molar-refractivity contribution in [1.82, 2.24) is 14.9 Å². The van der Waals surface area contributed by atoms with Crippen molar-refractivity contribution in [2.45, 2.75) is 13.3 Å². The summed E-state index contributed by atoms with van der Waals surface area (Å²) in [7, 11) is 4.14. The quantitative estimate of drug-likeness (QED) is 0.622. The van der Waals surface area contributed by atoms with Crippen LogP contribution in [0.4, 0.5) is 10.2 Å². The highest BCUT2D eigenvalue weighted by molar-refractivity contribution is 5.90. The zero-order chi connectivity index (χ0) is 19.2. The van der Waals surface area contributed by atoms with Crippen molar-refractivity contribution in [3.05, 3.63) is 65.2 Å². The first kappa shape index (κ1) is 19.0. The SMILES string of the molecule is Cc1ccc2c(NCCCN(C)C)nc(/C=C/c3ccc(F)cc3)nc2c1. The smallest absolute Gasteiger partial charge is 0.154 e. The lowest BCUT2D eigenvalue weighted by molar-refractivity contribution is 0.405. The molecule has 3 aromatic rings. The number of hydrogen-bond acceptors (Lipinski definition) is 4. The third-order valence-electron chi connectivity index (χ3n) is 4.24. The van der Waals surface area contributed by atoms with Crippen molar-refractivity contribution >= 4 is 28.9 Å². The average Bonchev–Trinajstić information content (AvgIpc) is 2.64. The summed E-state index contributed by atoms with van der Waals surface area (Å²) in [5.74, 6) is 1.24. The van der Waals surface area contributed by atoms with Gasteiger partial charge in [0.25, 0.3) is 0 Å². The number of aromatic nitrogens is 2. The lowest BCUT2D eigenvalue weighted by Crippen LogP contribution is -2.17. The van der Waals surface area contributed by atoms with E-state index in [1.807, 2.05) is 12.2 Å². The Morgan fingerprint density at radius 3 is 2.56 bits per heavy atom. The standard InChI is InChI=1S/C22H25FN4/c1-16-5-11-19-20(15-16)25-21(12-8-17-6-9-18(23)10-7-17)26-22(19)24-13-4-14-27(2)3/h5-12,15H,4,13-14H2,1-3H3,(H,24,25,26)/b12-8+. The predicted molar refractivity (Wildman–Crippen MR) is 111 cm³/mol. The minimum atomic E-state index is -0.242. The number of anilines is 1. The van der Waals surface area contributed by atoms with Gasteiger partial charge in [0, 0.05) is 11.9 Å². The second-order valence-electron chi connectivity index (χ2n) is 6.92. The van der Waals surface area contributed by atoms with Crippen molar-refractivity contribution in [3.63, 3.8) is 0 Å². The maximum Gasteiger partial charge on any atom is 0.154 e. The molecule has 0 aliphatic rings. The Morgan fingerprint density at radius 2 is 1.81 bits per heavy atom. The summed E-state index contributed by atoms with van der Waals surface area (Å²) >= 11 is 0. The maximum absolute atomic E-state index is 13.1. The molecular weight excluding hydrogens is 339 g/mol. The number of nitrogens with one attached hydrogen (secondary N) is 1. The van der Waals surface area contributed by atoms with Gasteiger partial charge in [-0.3, -0.25) is 0 Å². The number of aryl methyl sites for hydroxylation is 1. The second-order valence-corrected chi connectivity index (χ2v) is 6.92. The fraction of sp³-hybridized carbons (Fsp3) is 0.273. The number of rotatable bonds is 7. The van der Waals surface area contributed by atoms with Gasteiger partial charge in [0.15, 0.2) is 5.82 Å². The molecule has 0 spiro atoms. The van der Waals surface area contributed by atoms with Crippen LogP contribution in [0.2, 0.25) is 0 Å². The Kier molecular flexibility index (Phi) is 6.14.